The van der Waals surface area contributed by atoms with Crippen molar-refractivity contribution in [2.45, 2.75) is 6.42 Å². The van der Waals surface area contributed by atoms with E-state index in [1.165, 1.54) is 23.4 Å². The normalized spacial score (nSPS) is 16.4. The highest BCUT2D eigenvalue weighted by Crippen LogP contribution is 2.34. The van der Waals surface area contributed by atoms with Gasteiger partial charge >= 0.3 is 0 Å². The number of fused-ring (bicyclic) bond motifs is 1. The van der Waals surface area contributed by atoms with Gasteiger partial charge in [-0.15, -0.1) is 0 Å². The lowest BCUT2D eigenvalue weighted by Gasteiger charge is -2.37. The van der Waals surface area contributed by atoms with E-state index in [0.29, 0.717) is 0 Å². The zero-order chi connectivity index (χ0) is 18.9. The van der Waals surface area contributed by atoms with Crippen LogP contribution in [-0.2, 0) is 6.42 Å². The van der Waals surface area contributed by atoms with E-state index in [1.54, 1.807) is 6.33 Å². The molecule has 0 unspecified atom stereocenters. The standard InChI is InChI=1S/C22H22FN5/c23-18-5-7-19(8-6-18)26-11-13-27(14-12-26)21-15-22(25-16-24-21)28-10-9-17-3-1-2-4-20(17)28/h1-8,15-16H,9-14H2. The predicted octanol–water partition coefficient (Wildman–Crippen LogP) is 3.64. The molecule has 2 aliphatic heterocycles. The van der Waals surface area contributed by atoms with Gasteiger partial charge in [0.15, 0.2) is 0 Å². The Bertz CT molecular complexity index is 967. The molecule has 0 radical (unpaired) electrons. The second-order valence-corrected chi connectivity index (χ2v) is 7.22. The molecule has 142 valence electrons. The fourth-order valence-electron chi connectivity index (χ4n) is 4.08. The van der Waals surface area contributed by atoms with Crippen molar-refractivity contribution in [1.82, 2.24) is 9.97 Å². The molecule has 0 saturated carbocycles. The number of rotatable bonds is 3. The quantitative estimate of drug-likeness (QED) is 0.699. The minimum atomic E-state index is -0.195. The maximum absolute atomic E-state index is 13.2. The minimum absolute atomic E-state index is 0.195. The van der Waals surface area contributed by atoms with E-state index in [2.05, 4.69) is 55.0 Å². The molecule has 0 N–H and O–H groups in total. The Hall–Kier alpha value is -3.15. The molecule has 0 bridgehead atoms. The van der Waals surface area contributed by atoms with Gasteiger partial charge in [0.2, 0.25) is 0 Å². The van der Waals surface area contributed by atoms with Gasteiger partial charge in [-0.3, -0.25) is 0 Å². The monoisotopic (exact) mass is 375 g/mol. The smallest absolute Gasteiger partial charge is 0.138 e. The molecular formula is C22H22FN5. The summed E-state index contributed by atoms with van der Waals surface area (Å²) in [5.41, 5.74) is 3.68. The van der Waals surface area contributed by atoms with E-state index in [-0.39, 0.29) is 5.82 Å². The van der Waals surface area contributed by atoms with Crippen molar-refractivity contribution in [1.29, 1.82) is 0 Å². The van der Waals surface area contributed by atoms with Crippen LogP contribution in [0, 0.1) is 5.82 Å². The summed E-state index contributed by atoms with van der Waals surface area (Å²) in [6.07, 6.45) is 2.71. The van der Waals surface area contributed by atoms with Crippen molar-refractivity contribution in [2.75, 3.05) is 47.4 Å². The van der Waals surface area contributed by atoms with Crippen LogP contribution in [0.15, 0.2) is 60.9 Å². The average Bonchev–Trinajstić information content (AvgIpc) is 3.19. The molecule has 6 heteroatoms. The molecule has 3 aromatic rings. The summed E-state index contributed by atoms with van der Waals surface area (Å²) in [7, 11) is 0. The third-order valence-corrected chi connectivity index (χ3v) is 5.60. The van der Waals surface area contributed by atoms with Crippen LogP contribution in [0.1, 0.15) is 5.56 Å². The second-order valence-electron chi connectivity index (χ2n) is 7.22. The summed E-state index contributed by atoms with van der Waals surface area (Å²) in [5, 5.41) is 0. The lowest BCUT2D eigenvalue weighted by Crippen LogP contribution is -2.46. The molecule has 2 aliphatic rings. The van der Waals surface area contributed by atoms with E-state index < -0.39 is 0 Å². The third-order valence-electron chi connectivity index (χ3n) is 5.60. The fraction of sp³-hybridized carbons (Fsp3) is 0.273. The molecule has 2 aromatic carbocycles. The zero-order valence-electron chi connectivity index (χ0n) is 15.6. The van der Waals surface area contributed by atoms with E-state index in [0.717, 1.165) is 56.5 Å². The number of anilines is 4. The Morgan fingerprint density at radius 3 is 2.29 bits per heavy atom. The first kappa shape index (κ1) is 17.0. The molecule has 0 aliphatic carbocycles. The summed E-state index contributed by atoms with van der Waals surface area (Å²) >= 11 is 0. The van der Waals surface area contributed by atoms with Crippen LogP contribution in [0.2, 0.25) is 0 Å². The lowest BCUT2D eigenvalue weighted by molar-refractivity contribution is 0.624. The van der Waals surface area contributed by atoms with Crippen LogP contribution < -0.4 is 14.7 Å². The summed E-state index contributed by atoms with van der Waals surface area (Å²) in [4.78, 5) is 15.9. The average molecular weight is 375 g/mol. The molecule has 0 spiro atoms. The Labute approximate surface area is 164 Å². The predicted molar refractivity (Wildman–Crippen MR) is 110 cm³/mol. The number of hydrogen-bond donors (Lipinski definition) is 0. The Balaban J connectivity index is 1.31. The van der Waals surface area contributed by atoms with E-state index in [4.69, 9.17) is 0 Å². The van der Waals surface area contributed by atoms with Gasteiger partial charge in [0.25, 0.3) is 0 Å². The summed E-state index contributed by atoms with van der Waals surface area (Å²) in [6.45, 7) is 4.48. The van der Waals surface area contributed by atoms with E-state index in [1.807, 2.05) is 12.1 Å². The number of piperazine rings is 1. The second kappa shape index (κ2) is 7.11. The Kier molecular flexibility index (Phi) is 4.31. The van der Waals surface area contributed by atoms with Gasteiger partial charge in [0.1, 0.15) is 23.8 Å². The number of hydrogen-bond acceptors (Lipinski definition) is 5. The van der Waals surface area contributed by atoms with E-state index in [9.17, 15) is 4.39 Å². The third kappa shape index (κ3) is 3.15. The van der Waals surface area contributed by atoms with Gasteiger partial charge in [-0.05, 0) is 42.3 Å². The van der Waals surface area contributed by atoms with Crippen LogP contribution in [0.3, 0.4) is 0 Å². The maximum Gasteiger partial charge on any atom is 0.138 e. The van der Waals surface area contributed by atoms with Crippen LogP contribution >= 0.6 is 0 Å². The summed E-state index contributed by atoms with van der Waals surface area (Å²) in [6, 6.07) is 17.3. The van der Waals surface area contributed by atoms with Crippen LogP contribution in [0.4, 0.5) is 27.4 Å². The van der Waals surface area contributed by atoms with Gasteiger partial charge in [-0.1, -0.05) is 18.2 Å². The topological polar surface area (TPSA) is 35.5 Å². The molecule has 3 heterocycles. The fourth-order valence-corrected chi connectivity index (χ4v) is 4.08. The van der Waals surface area contributed by atoms with E-state index >= 15 is 0 Å². The molecule has 1 fully saturated rings. The minimum Gasteiger partial charge on any atom is -0.368 e. The highest BCUT2D eigenvalue weighted by Gasteiger charge is 2.23. The molecule has 5 rings (SSSR count). The highest BCUT2D eigenvalue weighted by molar-refractivity contribution is 5.69. The molecule has 0 amide bonds. The van der Waals surface area contributed by atoms with Gasteiger partial charge in [-0.25, -0.2) is 14.4 Å². The largest absolute Gasteiger partial charge is 0.368 e. The Morgan fingerprint density at radius 2 is 1.46 bits per heavy atom. The molecular weight excluding hydrogens is 353 g/mol. The SMILES string of the molecule is Fc1ccc(N2CCN(c3cc(N4CCc5ccccc54)ncn3)CC2)cc1. The number of aromatic nitrogens is 2. The van der Waals surface area contributed by atoms with Crippen molar-refractivity contribution in [3.63, 3.8) is 0 Å². The first-order valence-corrected chi connectivity index (χ1v) is 9.71. The molecule has 5 nitrogen and oxygen atoms in total. The first-order valence-electron chi connectivity index (χ1n) is 9.71. The Morgan fingerprint density at radius 1 is 0.750 bits per heavy atom. The molecule has 0 atom stereocenters. The summed E-state index contributed by atoms with van der Waals surface area (Å²) in [5.74, 6) is 1.73. The maximum atomic E-state index is 13.2. The van der Waals surface area contributed by atoms with Crippen molar-refractivity contribution in [2.24, 2.45) is 0 Å². The zero-order valence-corrected chi connectivity index (χ0v) is 15.6. The molecule has 1 aromatic heterocycles. The first-order chi connectivity index (χ1) is 13.8. The lowest BCUT2D eigenvalue weighted by atomic mass is 10.2. The summed E-state index contributed by atoms with van der Waals surface area (Å²) < 4.78 is 13.2. The molecule has 1 saturated heterocycles. The van der Waals surface area contributed by atoms with Crippen LogP contribution in [0.5, 0.6) is 0 Å². The number of halogens is 1. The van der Waals surface area contributed by atoms with Crippen LogP contribution in [0.25, 0.3) is 0 Å². The van der Waals surface area contributed by atoms with Crippen molar-refractivity contribution in [3.8, 4) is 0 Å². The van der Waals surface area contributed by atoms with Gasteiger partial charge in [-0.2, -0.15) is 0 Å². The van der Waals surface area contributed by atoms with Crippen molar-refractivity contribution < 1.29 is 4.39 Å². The van der Waals surface area contributed by atoms with Gasteiger partial charge in [0, 0.05) is 50.2 Å². The van der Waals surface area contributed by atoms with Crippen LogP contribution in [-0.4, -0.2) is 42.7 Å². The number of para-hydroxylation sites is 1. The van der Waals surface area contributed by atoms with Gasteiger partial charge in [0.05, 0.1) is 0 Å². The number of nitrogens with zero attached hydrogens (tertiary/aromatic N) is 5. The number of benzene rings is 2. The van der Waals surface area contributed by atoms with Crippen molar-refractivity contribution in [3.05, 3.63) is 72.3 Å². The van der Waals surface area contributed by atoms with Crippen molar-refractivity contribution >= 4 is 23.0 Å². The van der Waals surface area contributed by atoms with Gasteiger partial charge < -0.3 is 14.7 Å². The highest BCUT2D eigenvalue weighted by atomic mass is 19.1. The molecule has 28 heavy (non-hydrogen) atoms.